The third-order valence-corrected chi connectivity index (χ3v) is 4.83. The van der Waals surface area contributed by atoms with E-state index >= 15 is 0 Å². The molecule has 1 aromatic rings. The number of hydrogen-bond donors (Lipinski definition) is 1. The molecule has 1 saturated heterocycles. The number of nitrogens with zero attached hydrogens (tertiary/aromatic N) is 1. The number of nitrogens with one attached hydrogen (secondary N) is 1. The first-order chi connectivity index (χ1) is 10.4. The van der Waals surface area contributed by atoms with Crippen LogP contribution in [0.15, 0.2) is 22.7 Å². The SMILES string of the molecule is CCCC[C@@H](c1cc(C(F)(F)F)ccc1Br)N1CCNCC1. The Kier molecular flexibility index (Phi) is 6.29. The highest BCUT2D eigenvalue weighted by Gasteiger charge is 2.32. The van der Waals surface area contributed by atoms with Gasteiger partial charge in [-0.1, -0.05) is 35.7 Å². The lowest BCUT2D eigenvalue weighted by molar-refractivity contribution is -0.137. The van der Waals surface area contributed by atoms with Crippen molar-refractivity contribution in [2.75, 3.05) is 26.2 Å². The standard InChI is InChI=1S/C16H22BrF3N2/c1-2-3-4-15(22-9-7-21-8-10-22)13-11-12(16(18,19)20)5-6-14(13)17/h5-6,11,15,21H,2-4,7-10H2,1H3/t15-/m0/s1. The largest absolute Gasteiger partial charge is 0.416 e. The summed E-state index contributed by atoms with van der Waals surface area (Å²) in [6.45, 7) is 5.63. The molecular weight excluding hydrogens is 357 g/mol. The van der Waals surface area contributed by atoms with E-state index in [1.54, 1.807) is 0 Å². The number of halogens is 4. The average Bonchev–Trinajstić information content (AvgIpc) is 2.49. The van der Waals surface area contributed by atoms with Crippen molar-refractivity contribution < 1.29 is 13.2 Å². The number of unbranched alkanes of at least 4 members (excludes halogenated alkanes) is 1. The first-order valence-corrected chi connectivity index (χ1v) is 8.54. The molecule has 1 fully saturated rings. The minimum Gasteiger partial charge on any atom is -0.314 e. The van der Waals surface area contributed by atoms with Gasteiger partial charge in [0.1, 0.15) is 0 Å². The minimum absolute atomic E-state index is 0.0405. The number of piperazine rings is 1. The van der Waals surface area contributed by atoms with Gasteiger partial charge in [0.15, 0.2) is 0 Å². The maximum absolute atomic E-state index is 13.0. The van der Waals surface area contributed by atoms with Crippen LogP contribution in [0.1, 0.15) is 43.4 Å². The lowest BCUT2D eigenvalue weighted by atomic mass is 9.97. The van der Waals surface area contributed by atoms with Gasteiger partial charge in [0, 0.05) is 36.7 Å². The number of benzene rings is 1. The predicted octanol–water partition coefficient (Wildman–Crippen LogP) is 4.60. The molecule has 124 valence electrons. The van der Waals surface area contributed by atoms with E-state index in [4.69, 9.17) is 0 Å². The Balaban J connectivity index is 2.32. The van der Waals surface area contributed by atoms with E-state index in [1.807, 2.05) is 0 Å². The van der Waals surface area contributed by atoms with Crippen molar-refractivity contribution in [3.63, 3.8) is 0 Å². The van der Waals surface area contributed by atoms with Crippen molar-refractivity contribution in [1.29, 1.82) is 0 Å². The van der Waals surface area contributed by atoms with Gasteiger partial charge in [0.25, 0.3) is 0 Å². The molecule has 0 unspecified atom stereocenters. The second kappa shape index (κ2) is 7.79. The van der Waals surface area contributed by atoms with Crippen LogP contribution < -0.4 is 5.32 Å². The molecule has 2 nitrogen and oxygen atoms in total. The van der Waals surface area contributed by atoms with Crippen molar-refractivity contribution in [2.24, 2.45) is 0 Å². The third-order valence-electron chi connectivity index (χ3n) is 4.11. The van der Waals surface area contributed by atoms with Gasteiger partial charge in [-0.2, -0.15) is 13.2 Å². The summed E-state index contributed by atoms with van der Waals surface area (Å²) in [5.74, 6) is 0. The molecule has 22 heavy (non-hydrogen) atoms. The van der Waals surface area contributed by atoms with E-state index < -0.39 is 11.7 Å². The molecule has 2 rings (SSSR count). The zero-order valence-corrected chi connectivity index (χ0v) is 14.3. The van der Waals surface area contributed by atoms with Gasteiger partial charge in [-0.15, -0.1) is 0 Å². The Labute approximate surface area is 138 Å². The minimum atomic E-state index is -4.30. The van der Waals surface area contributed by atoms with E-state index in [1.165, 1.54) is 12.1 Å². The van der Waals surface area contributed by atoms with Crippen molar-refractivity contribution >= 4 is 15.9 Å². The summed E-state index contributed by atoms with van der Waals surface area (Å²) in [5.41, 5.74) is 0.188. The normalized spacial score (nSPS) is 18.4. The summed E-state index contributed by atoms with van der Waals surface area (Å²) in [5, 5.41) is 3.29. The lowest BCUT2D eigenvalue weighted by Gasteiger charge is -2.36. The predicted molar refractivity (Wildman–Crippen MR) is 85.9 cm³/mol. The second-order valence-corrected chi connectivity index (χ2v) is 6.53. The molecule has 1 aliphatic rings. The highest BCUT2D eigenvalue weighted by Crippen LogP contribution is 2.37. The molecule has 6 heteroatoms. The monoisotopic (exact) mass is 378 g/mol. The van der Waals surface area contributed by atoms with Crippen LogP contribution in [-0.4, -0.2) is 31.1 Å². The van der Waals surface area contributed by atoms with Crippen LogP contribution in [0, 0.1) is 0 Å². The quantitative estimate of drug-likeness (QED) is 0.804. The summed E-state index contributed by atoms with van der Waals surface area (Å²) < 4.78 is 39.8. The number of hydrogen-bond acceptors (Lipinski definition) is 2. The summed E-state index contributed by atoms with van der Waals surface area (Å²) >= 11 is 3.45. The maximum atomic E-state index is 13.0. The molecule has 0 amide bonds. The molecule has 1 N–H and O–H groups in total. The summed E-state index contributed by atoms with van der Waals surface area (Å²) in [4.78, 5) is 2.30. The van der Waals surface area contributed by atoms with Gasteiger partial charge in [-0.05, 0) is 30.2 Å². The van der Waals surface area contributed by atoms with Crippen LogP contribution >= 0.6 is 15.9 Å². The fourth-order valence-electron chi connectivity index (χ4n) is 2.90. The maximum Gasteiger partial charge on any atom is 0.416 e. The Morgan fingerprint density at radius 3 is 2.55 bits per heavy atom. The molecule has 0 spiro atoms. The molecule has 1 heterocycles. The zero-order chi connectivity index (χ0) is 16.2. The highest BCUT2D eigenvalue weighted by molar-refractivity contribution is 9.10. The summed E-state index contributed by atoms with van der Waals surface area (Å²) in [6.07, 6.45) is -1.36. The molecule has 0 aromatic heterocycles. The van der Waals surface area contributed by atoms with Crippen LogP contribution in [-0.2, 0) is 6.18 Å². The van der Waals surface area contributed by atoms with E-state index in [0.717, 1.165) is 61.5 Å². The number of alkyl halides is 3. The summed E-state index contributed by atoms with van der Waals surface area (Å²) in [6, 6.07) is 4.02. The number of rotatable bonds is 5. The Morgan fingerprint density at radius 1 is 1.27 bits per heavy atom. The molecule has 1 atom stereocenters. The van der Waals surface area contributed by atoms with Crippen LogP contribution in [0.25, 0.3) is 0 Å². The first-order valence-electron chi connectivity index (χ1n) is 7.75. The van der Waals surface area contributed by atoms with Gasteiger partial charge < -0.3 is 5.32 Å². The molecule has 0 bridgehead atoms. The molecule has 0 saturated carbocycles. The summed E-state index contributed by atoms with van der Waals surface area (Å²) in [7, 11) is 0. The van der Waals surface area contributed by atoms with Gasteiger partial charge in [-0.25, -0.2) is 0 Å². The Hall–Kier alpha value is -0.590. The molecule has 1 aliphatic heterocycles. The van der Waals surface area contributed by atoms with Crippen molar-refractivity contribution in [1.82, 2.24) is 10.2 Å². The topological polar surface area (TPSA) is 15.3 Å². The highest BCUT2D eigenvalue weighted by atomic mass is 79.9. The van der Waals surface area contributed by atoms with Gasteiger partial charge in [0.2, 0.25) is 0 Å². The molecule has 0 radical (unpaired) electrons. The van der Waals surface area contributed by atoms with Crippen LogP contribution in [0.2, 0.25) is 0 Å². The lowest BCUT2D eigenvalue weighted by Crippen LogP contribution is -2.45. The van der Waals surface area contributed by atoms with E-state index in [0.29, 0.717) is 0 Å². The van der Waals surface area contributed by atoms with Crippen molar-refractivity contribution in [3.8, 4) is 0 Å². The average molecular weight is 379 g/mol. The van der Waals surface area contributed by atoms with Crippen LogP contribution in [0.4, 0.5) is 13.2 Å². The third kappa shape index (κ3) is 4.46. The Morgan fingerprint density at radius 2 is 1.95 bits per heavy atom. The van der Waals surface area contributed by atoms with Gasteiger partial charge in [-0.3, -0.25) is 4.90 Å². The fraction of sp³-hybridized carbons (Fsp3) is 0.625. The second-order valence-electron chi connectivity index (χ2n) is 5.68. The van der Waals surface area contributed by atoms with Gasteiger partial charge in [0.05, 0.1) is 5.56 Å². The van der Waals surface area contributed by atoms with Crippen LogP contribution in [0.3, 0.4) is 0 Å². The molecule has 0 aliphatic carbocycles. The smallest absolute Gasteiger partial charge is 0.314 e. The molecular formula is C16H22BrF3N2. The molecule has 1 aromatic carbocycles. The van der Waals surface area contributed by atoms with Crippen molar-refractivity contribution in [2.45, 2.75) is 38.4 Å². The van der Waals surface area contributed by atoms with Crippen LogP contribution in [0.5, 0.6) is 0 Å². The van der Waals surface area contributed by atoms with E-state index in [9.17, 15) is 13.2 Å². The first kappa shape index (κ1) is 17.8. The van der Waals surface area contributed by atoms with Gasteiger partial charge >= 0.3 is 6.18 Å². The van der Waals surface area contributed by atoms with E-state index in [2.05, 4.69) is 33.1 Å². The fourth-order valence-corrected chi connectivity index (χ4v) is 3.41. The Bertz CT molecular complexity index is 485. The van der Waals surface area contributed by atoms with E-state index in [-0.39, 0.29) is 6.04 Å². The van der Waals surface area contributed by atoms with Crippen molar-refractivity contribution in [3.05, 3.63) is 33.8 Å². The zero-order valence-electron chi connectivity index (χ0n) is 12.7.